The first kappa shape index (κ1) is 20.4. The maximum atomic E-state index is 12.1. The third-order valence-electron chi connectivity index (χ3n) is 4.78. The van der Waals surface area contributed by atoms with Crippen LogP contribution in [0.15, 0.2) is 71.7 Å². The molecule has 0 unspecified atom stereocenters. The van der Waals surface area contributed by atoms with Gasteiger partial charge in [-0.05, 0) is 46.5 Å². The van der Waals surface area contributed by atoms with E-state index < -0.39 is 0 Å². The van der Waals surface area contributed by atoms with Gasteiger partial charge in [0.15, 0.2) is 5.96 Å². The van der Waals surface area contributed by atoms with Gasteiger partial charge in [-0.3, -0.25) is 9.79 Å². The number of guanidine groups is 1. The molecule has 29 heavy (non-hydrogen) atoms. The van der Waals surface area contributed by atoms with Crippen molar-refractivity contribution in [2.45, 2.75) is 13.0 Å². The van der Waals surface area contributed by atoms with Crippen molar-refractivity contribution in [1.82, 2.24) is 15.5 Å². The summed E-state index contributed by atoms with van der Waals surface area (Å²) in [4.78, 5) is 18.0. The van der Waals surface area contributed by atoms with Gasteiger partial charge in [0.25, 0.3) is 5.91 Å². The van der Waals surface area contributed by atoms with Gasteiger partial charge < -0.3 is 15.5 Å². The zero-order valence-electron chi connectivity index (χ0n) is 17.3. The van der Waals surface area contributed by atoms with E-state index in [1.54, 1.807) is 26.0 Å². The fourth-order valence-electron chi connectivity index (χ4n) is 3.20. The SMILES string of the molecule is CN=C(NCCc1cccc(C(=O)N(C)C)c1)NCc1ccc2ccccc2c1. The number of amides is 1. The molecule has 5 nitrogen and oxygen atoms in total. The summed E-state index contributed by atoms with van der Waals surface area (Å²) in [5.41, 5.74) is 3.04. The average Bonchev–Trinajstić information content (AvgIpc) is 2.75. The summed E-state index contributed by atoms with van der Waals surface area (Å²) in [5, 5.41) is 9.18. The van der Waals surface area contributed by atoms with Crippen molar-refractivity contribution in [3.05, 3.63) is 83.4 Å². The number of hydrogen-bond acceptors (Lipinski definition) is 2. The second-order valence-corrected chi connectivity index (χ2v) is 7.18. The molecule has 2 N–H and O–H groups in total. The van der Waals surface area contributed by atoms with Gasteiger partial charge >= 0.3 is 0 Å². The summed E-state index contributed by atoms with van der Waals surface area (Å²) < 4.78 is 0. The van der Waals surface area contributed by atoms with E-state index in [1.807, 2.05) is 24.3 Å². The van der Waals surface area contributed by atoms with Gasteiger partial charge in [-0.25, -0.2) is 0 Å². The second-order valence-electron chi connectivity index (χ2n) is 7.18. The normalized spacial score (nSPS) is 11.3. The standard InChI is InChI=1S/C24H28N4O/c1-25-24(27-17-19-11-12-20-8-4-5-9-21(20)16-19)26-14-13-18-7-6-10-22(15-18)23(29)28(2)3/h4-12,15-16H,13-14,17H2,1-3H3,(H2,25,26,27). The van der Waals surface area contributed by atoms with E-state index in [9.17, 15) is 4.79 Å². The number of fused-ring (bicyclic) bond motifs is 1. The molecule has 0 heterocycles. The van der Waals surface area contributed by atoms with Crippen molar-refractivity contribution in [3.63, 3.8) is 0 Å². The Balaban J connectivity index is 1.51. The first-order chi connectivity index (χ1) is 14.1. The molecule has 0 radical (unpaired) electrons. The molecule has 3 aromatic carbocycles. The summed E-state index contributed by atoms with van der Waals surface area (Å²) in [6.45, 7) is 1.44. The number of carbonyl (C=O) groups excluding carboxylic acids is 1. The fourth-order valence-corrected chi connectivity index (χ4v) is 3.20. The van der Waals surface area contributed by atoms with Crippen LogP contribution in [0.5, 0.6) is 0 Å². The molecular formula is C24H28N4O. The summed E-state index contributed by atoms with van der Waals surface area (Å²) in [7, 11) is 5.30. The Morgan fingerprint density at radius 2 is 1.69 bits per heavy atom. The molecule has 0 aliphatic carbocycles. The van der Waals surface area contributed by atoms with Gasteiger partial charge in [-0.1, -0.05) is 48.5 Å². The minimum Gasteiger partial charge on any atom is -0.356 e. The molecule has 0 fully saturated rings. The monoisotopic (exact) mass is 388 g/mol. The van der Waals surface area contributed by atoms with Crippen LogP contribution in [0.1, 0.15) is 21.5 Å². The van der Waals surface area contributed by atoms with E-state index in [0.29, 0.717) is 12.1 Å². The molecule has 0 spiro atoms. The lowest BCUT2D eigenvalue weighted by atomic mass is 10.1. The molecule has 5 heteroatoms. The van der Waals surface area contributed by atoms with Crippen molar-refractivity contribution in [1.29, 1.82) is 0 Å². The maximum absolute atomic E-state index is 12.1. The number of benzene rings is 3. The number of aliphatic imine (C=N–C) groups is 1. The smallest absolute Gasteiger partial charge is 0.253 e. The predicted molar refractivity (Wildman–Crippen MR) is 120 cm³/mol. The molecule has 150 valence electrons. The highest BCUT2D eigenvalue weighted by Gasteiger charge is 2.08. The molecule has 3 rings (SSSR count). The van der Waals surface area contributed by atoms with E-state index in [-0.39, 0.29) is 5.91 Å². The minimum atomic E-state index is 0.0210. The van der Waals surface area contributed by atoms with Gasteiger partial charge in [-0.2, -0.15) is 0 Å². The van der Waals surface area contributed by atoms with Crippen molar-refractivity contribution >= 4 is 22.6 Å². The van der Waals surface area contributed by atoms with Crippen LogP contribution in [0.2, 0.25) is 0 Å². The topological polar surface area (TPSA) is 56.7 Å². The molecular weight excluding hydrogens is 360 g/mol. The van der Waals surface area contributed by atoms with Crippen LogP contribution in [-0.4, -0.2) is 44.5 Å². The van der Waals surface area contributed by atoms with Crippen molar-refractivity contribution < 1.29 is 4.79 Å². The summed E-state index contributed by atoms with van der Waals surface area (Å²) in [6, 6.07) is 22.6. The number of rotatable bonds is 6. The number of nitrogens with one attached hydrogen (secondary N) is 2. The quantitative estimate of drug-likeness (QED) is 0.502. The van der Waals surface area contributed by atoms with Crippen LogP contribution >= 0.6 is 0 Å². The van der Waals surface area contributed by atoms with E-state index >= 15 is 0 Å². The van der Waals surface area contributed by atoms with Crippen molar-refractivity contribution in [2.24, 2.45) is 4.99 Å². The Kier molecular flexibility index (Phi) is 6.85. The summed E-state index contributed by atoms with van der Waals surface area (Å²) >= 11 is 0. The van der Waals surface area contributed by atoms with Crippen molar-refractivity contribution in [2.75, 3.05) is 27.7 Å². The summed E-state index contributed by atoms with van der Waals surface area (Å²) in [6.07, 6.45) is 0.811. The highest BCUT2D eigenvalue weighted by atomic mass is 16.2. The Bertz CT molecular complexity index is 1010. The lowest BCUT2D eigenvalue weighted by molar-refractivity contribution is 0.0827. The van der Waals surface area contributed by atoms with Gasteiger partial charge in [0.05, 0.1) is 0 Å². The second kappa shape index (κ2) is 9.73. The minimum absolute atomic E-state index is 0.0210. The molecule has 0 aliphatic rings. The van der Waals surface area contributed by atoms with Crippen LogP contribution in [0.25, 0.3) is 10.8 Å². The Labute approximate surface area is 172 Å². The zero-order chi connectivity index (χ0) is 20.6. The third kappa shape index (κ3) is 5.57. The Morgan fingerprint density at radius 3 is 2.45 bits per heavy atom. The van der Waals surface area contributed by atoms with Gasteiger partial charge in [-0.15, -0.1) is 0 Å². The van der Waals surface area contributed by atoms with E-state index in [1.165, 1.54) is 16.3 Å². The number of hydrogen-bond donors (Lipinski definition) is 2. The largest absolute Gasteiger partial charge is 0.356 e. The van der Waals surface area contributed by atoms with Crippen LogP contribution in [-0.2, 0) is 13.0 Å². The lowest BCUT2D eigenvalue weighted by Crippen LogP contribution is -2.37. The van der Waals surface area contributed by atoms with Crippen LogP contribution in [0, 0.1) is 0 Å². The molecule has 0 saturated heterocycles. The molecule has 1 amide bonds. The first-order valence-electron chi connectivity index (χ1n) is 9.79. The molecule has 0 atom stereocenters. The van der Waals surface area contributed by atoms with E-state index in [4.69, 9.17) is 0 Å². The van der Waals surface area contributed by atoms with Crippen LogP contribution < -0.4 is 10.6 Å². The Hall–Kier alpha value is -3.34. The van der Waals surface area contributed by atoms with Gasteiger partial charge in [0.1, 0.15) is 0 Å². The molecule has 3 aromatic rings. The number of carbonyl (C=O) groups is 1. The molecule has 0 aliphatic heterocycles. The number of nitrogens with zero attached hydrogens (tertiary/aromatic N) is 2. The third-order valence-corrected chi connectivity index (χ3v) is 4.78. The molecule has 0 saturated carbocycles. The zero-order valence-corrected chi connectivity index (χ0v) is 17.3. The Morgan fingerprint density at radius 1 is 0.897 bits per heavy atom. The maximum Gasteiger partial charge on any atom is 0.253 e. The van der Waals surface area contributed by atoms with Gasteiger partial charge in [0.2, 0.25) is 0 Å². The van der Waals surface area contributed by atoms with Crippen molar-refractivity contribution in [3.8, 4) is 0 Å². The van der Waals surface area contributed by atoms with Crippen LogP contribution in [0.3, 0.4) is 0 Å². The van der Waals surface area contributed by atoms with Crippen LogP contribution in [0.4, 0.5) is 0 Å². The first-order valence-corrected chi connectivity index (χ1v) is 9.79. The highest BCUT2D eigenvalue weighted by Crippen LogP contribution is 2.15. The summed E-state index contributed by atoms with van der Waals surface area (Å²) in [5.74, 6) is 0.784. The van der Waals surface area contributed by atoms with Gasteiger partial charge in [0, 0.05) is 39.8 Å². The lowest BCUT2D eigenvalue weighted by Gasteiger charge is -2.13. The average molecular weight is 389 g/mol. The predicted octanol–water partition coefficient (Wildman–Crippen LogP) is 3.45. The van der Waals surface area contributed by atoms with E-state index in [2.05, 4.69) is 58.1 Å². The molecule has 0 aromatic heterocycles. The fraction of sp³-hybridized carbons (Fsp3) is 0.250. The highest BCUT2D eigenvalue weighted by molar-refractivity contribution is 5.94. The molecule has 0 bridgehead atoms. The van der Waals surface area contributed by atoms with E-state index in [0.717, 1.165) is 24.5 Å².